The normalized spacial score (nSPS) is 24.8. The molecule has 4 heterocycles. The van der Waals surface area contributed by atoms with Gasteiger partial charge in [-0.3, -0.25) is 14.6 Å². The summed E-state index contributed by atoms with van der Waals surface area (Å²) in [6, 6.07) is 12.3. The second kappa shape index (κ2) is 7.85. The van der Waals surface area contributed by atoms with Crippen LogP contribution in [0.2, 0.25) is 0 Å². The average molecular weight is 523 g/mol. The van der Waals surface area contributed by atoms with Crippen molar-refractivity contribution in [2.24, 2.45) is 0 Å². The number of benzene rings is 2. The van der Waals surface area contributed by atoms with E-state index in [1.807, 2.05) is 25.1 Å². The second-order valence-electron chi connectivity index (χ2n) is 9.81. The Bertz CT molecular complexity index is 1310. The molecule has 3 amide bonds. The van der Waals surface area contributed by atoms with Crippen LogP contribution in [0.1, 0.15) is 42.6 Å². The number of hydrogen-bond acceptors (Lipinski definition) is 4. The van der Waals surface area contributed by atoms with Gasteiger partial charge in [-0.15, -0.1) is 0 Å². The number of amides is 3. The number of urea groups is 1. The summed E-state index contributed by atoms with van der Waals surface area (Å²) in [5.74, 6) is -0.00843. The monoisotopic (exact) mass is 522 g/mol. The number of phenolic OH excluding ortho intramolecular Hbond substituents is 1. The number of carbonyl (C=O) groups excluding carboxylic acids is 2. The second-order valence-corrected chi connectivity index (χ2v) is 10.7. The van der Waals surface area contributed by atoms with Crippen LogP contribution in [0.25, 0.3) is 10.9 Å². The molecule has 2 fully saturated rings. The summed E-state index contributed by atoms with van der Waals surface area (Å²) in [4.78, 5) is 36.7. The van der Waals surface area contributed by atoms with Crippen LogP contribution < -0.4 is 0 Å². The molecule has 3 aliphatic heterocycles. The van der Waals surface area contributed by atoms with Gasteiger partial charge in [0.1, 0.15) is 17.3 Å². The number of imide groups is 1. The van der Waals surface area contributed by atoms with E-state index in [1.54, 1.807) is 23.1 Å². The van der Waals surface area contributed by atoms with Crippen molar-refractivity contribution >= 4 is 38.8 Å². The van der Waals surface area contributed by atoms with E-state index in [-0.39, 0.29) is 17.7 Å². The maximum Gasteiger partial charge on any atom is 0.328 e. The van der Waals surface area contributed by atoms with Crippen molar-refractivity contribution in [3.63, 3.8) is 0 Å². The molecule has 176 valence electrons. The van der Waals surface area contributed by atoms with E-state index in [0.29, 0.717) is 19.5 Å². The van der Waals surface area contributed by atoms with Crippen LogP contribution in [0.3, 0.4) is 0 Å². The molecule has 2 unspecified atom stereocenters. The fourth-order valence-corrected chi connectivity index (χ4v) is 6.33. The van der Waals surface area contributed by atoms with Crippen molar-refractivity contribution in [2.45, 2.75) is 37.8 Å². The van der Waals surface area contributed by atoms with Gasteiger partial charge in [-0.25, -0.2) is 4.79 Å². The zero-order valence-corrected chi connectivity index (χ0v) is 20.6. The maximum absolute atomic E-state index is 13.8. The number of nitrogens with one attached hydrogen (secondary N) is 1. The number of halogens is 1. The highest BCUT2D eigenvalue weighted by Gasteiger charge is 2.60. The SMILES string of the molecule is CC12Cc3c([nH]c4ccc(Br)cc34)C(c3cccc(O)c3)N1C(=O)N(CCN1CCCC1)C2=O. The largest absolute Gasteiger partial charge is 0.508 e. The van der Waals surface area contributed by atoms with Crippen LogP contribution in [-0.2, 0) is 11.2 Å². The standard InChI is InChI=1S/C26H27BrN4O3/c1-26-15-20-19-14-17(27)7-8-21(19)28-22(20)23(16-5-4-6-18(32)13-16)31(26)25(34)30(24(26)33)12-11-29-9-2-3-10-29/h4-8,13-14,23,28,32H,2-3,9-12,15H2,1H3. The van der Waals surface area contributed by atoms with Gasteiger partial charge in [0.2, 0.25) is 0 Å². The molecule has 2 N–H and O–H groups in total. The van der Waals surface area contributed by atoms with E-state index in [2.05, 4.69) is 31.9 Å². The van der Waals surface area contributed by atoms with Crippen molar-refractivity contribution in [1.29, 1.82) is 0 Å². The van der Waals surface area contributed by atoms with Crippen LogP contribution in [0.4, 0.5) is 4.79 Å². The Labute approximate surface area is 206 Å². The first-order valence-corrected chi connectivity index (χ1v) is 12.6. The number of fused-ring (bicyclic) bond motifs is 4. The molecule has 8 heteroatoms. The van der Waals surface area contributed by atoms with Crippen LogP contribution in [0.15, 0.2) is 46.9 Å². The number of aromatic hydroxyl groups is 1. The van der Waals surface area contributed by atoms with Gasteiger partial charge in [-0.05, 0) is 74.3 Å². The number of H-pyrrole nitrogens is 1. The number of likely N-dealkylation sites (tertiary alicyclic amines) is 1. The summed E-state index contributed by atoms with van der Waals surface area (Å²) in [6.45, 7) is 5.04. The van der Waals surface area contributed by atoms with Gasteiger partial charge in [-0.1, -0.05) is 28.1 Å². The smallest absolute Gasteiger partial charge is 0.328 e. The number of carbonyl (C=O) groups is 2. The third-order valence-corrected chi connectivity index (χ3v) is 8.15. The molecule has 0 bridgehead atoms. The zero-order valence-electron chi connectivity index (χ0n) is 19.1. The van der Waals surface area contributed by atoms with E-state index in [4.69, 9.17) is 0 Å². The Hall–Kier alpha value is -2.84. The number of nitrogens with zero attached hydrogens (tertiary/aromatic N) is 3. The third kappa shape index (κ3) is 3.19. The molecule has 0 aliphatic carbocycles. The zero-order chi connectivity index (χ0) is 23.6. The fourth-order valence-electron chi connectivity index (χ4n) is 5.97. The van der Waals surface area contributed by atoms with Gasteiger partial charge in [0.25, 0.3) is 5.91 Å². The molecule has 0 radical (unpaired) electrons. The number of aromatic nitrogens is 1. The summed E-state index contributed by atoms with van der Waals surface area (Å²) in [5.41, 5.74) is 2.70. The number of phenols is 1. The minimum absolute atomic E-state index is 0.133. The first-order valence-electron chi connectivity index (χ1n) is 11.8. The molecule has 34 heavy (non-hydrogen) atoms. The average Bonchev–Trinajstić information content (AvgIpc) is 3.49. The Morgan fingerprint density at radius 2 is 1.91 bits per heavy atom. The van der Waals surface area contributed by atoms with Gasteiger partial charge in [0.15, 0.2) is 0 Å². The molecular formula is C26H27BrN4O3. The summed E-state index contributed by atoms with van der Waals surface area (Å²) in [5, 5.41) is 11.3. The Morgan fingerprint density at radius 3 is 2.68 bits per heavy atom. The summed E-state index contributed by atoms with van der Waals surface area (Å²) in [7, 11) is 0. The van der Waals surface area contributed by atoms with Crippen molar-refractivity contribution in [3.05, 3.63) is 63.8 Å². The van der Waals surface area contributed by atoms with Crippen LogP contribution >= 0.6 is 15.9 Å². The minimum Gasteiger partial charge on any atom is -0.508 e. The molecule has 1 aromatic heterocycles. The molecule has 6 rings (SSSR count). The Morgan fingerprint density at radius 1 is 1.12 bits per heavy atom. The van der Waals surface area contributed by atoms with Crippen LogP contribution in [-0.4, -0.2) is 68.4 Å². The van der Waals surface area contributed by atoms with Gasteiger partial charge in [0, 0.05) is 40.6 Å². The first-order chi connectivity index (χ1) is 16.4. The first kappa shape index (κ1) is 21.7. The maximum atomic E-state index is 13.8. The molecule has 2 aromatic carbocycles. The summed E-state index contributed by atoms with van der Waals surface area (Å²) < 4.78 is 0.962. The molecule has 2 atom stereocenters. The Kier molecular flexibility index (Phi) is 5.00. The topological polar surface area (TPSA) is 79.9 Å². The van der Waals surface area contributed by atoms with Gasteiger partial charge < -0.3 is 15.0 Å². The highest BCUT2D eigenvalue weighted by Crippen LogP contribution is 2.49. The number of rotatable bonds is 4. The van der Waals surface area contributed by atoms with Gasteiger partial charge in [-0.2, -0.15) is 0 Å². The lowest BCUT2D eigenvalue weighted by Crippen LogP contribution is -2.53. The minimum atomic E-state index is -0.997. The highest BCUT2D eigenvalue weighted by atomic mass is 79.9. The predicted molar refractivity (Wildman–Crippen MR) is 133 cm³/mol. The molecule has 0 saturated carbocycles. The Balaban J connectivity index is 1.48. The lowest BCUT2D eigenvalue weighted by molar-refractivity contribution is -0.133. The molecule has 7 nitrogen and oxygen atoms in total. The van der Waals surface area contributed by atoms with Crippen molar-refractivity contribution in [1.82, 2.24) is 19.7 Å². The molecule has 3 aliphatic rings. The van der Waals surface area contributed by atoms with E-state index >= 15 is 0 Å². The molecule has 0 spiro atoms. The lowest BCUT2D eigenvalue weighted by Gasteiger charge is -2.42. The number of aromatic amines is 1. The van der Waals surface area contributed by atoms with E-state index < -0.39 is 11.6 Å². The molecular weight excluding hydrogens is 496 g/mol. The van der Waals surface area contributed by atoms with Crippen LogP contribution in [0, 0.1) is 0 Å². The van der Waals surface area contributed by atoms with Crippen molar-refractivity contribution in [2.75, 3.05) is 26.2 Å². The predicted octanol–water partition coefficient (Wildman–Crippen LogP) is 4.40. The summed E-state index contributed by atoms with van der Waals surface area (Å²) >= 11 is 3.58. The van der Waals surface area contributed by atoms with E-state index in [0.717, 1.165) is 45.3 Å². The quantitative estimate of drug-likeness (QED) is 0.497. The fraction of sp³-hybridized carbons (Fsp3) is 0.385. The number of hydrogen-bond donors (Lipinski definition) is 2. The van der Waals surface area contributed by atoms with Crippen LogP contribution in [0.5, 0.6) is 5.75 Å². The third-order valence-electron chi connectivity index (χ3n) is 7.65. The van der Waals surface area contributed by atoms with Gasteiger partial charge in [0.05, 0.1) is 0 Å². The van der Waals surface area contributed by atoms with E-state index in [1.165, 1.54) is 17.7 Å². The lowest BCUT2D eigenvalue weighted by atomic mass is 9.81. The van der Waals surface area contributed by atoms with E-state index in [9.17, 15) is 14.7 Å². The molecule has 3 aromatic rings. The van der Waals surface area contributed by atoms with Crippen molar-refractivity contribution in [3.8, 4) is 5.75 Å². The molecule has 2 saturated heterocycles. The highest BCUT2D eigenvalue weighted by molar-refractivity contribution is 9.10. The van der Waals surface area contributed by atoms with Gasteiger partial charge >= 0.3 is 6.03 Å². The summed E-state index contributed by atoms with van der Waals surface area (Å²) in [6.07, 6.45) is 2.78. The van der Waals surface area contributed by atoms with Crippen molar-refractivity contribution < 1.29 is 14.7 Å².